The van der Waals surface area contributed by atoms with Gasteiger partial charge in [-0.3, -0.25) is 10.1 Å². The molecule has 1 aromatic heterocycles. The lowest BCUT2D eigenvalue weighted by molar-refractivity contribution is -0.385. The summed E-state index contributed by atoms with van der Waals surface area (Å²) >= 11 is 3.15. The third-order valence-corrected chi connectivity index (χ3v) is 3.39. The zero-order valence-electron chi connectivity index (χ0n) is 11.3. The van der Waals surface area contributed by atoms with Gasteiger partial charge in [0.2, 0.25) is 0 Å². The molecule has 21 heavy (non-hydrogen) atoms. The van der Waals surface area contributed by atoms with Gasteiger partial charge in [-0.15, -0.1) is 5.10 Å². The largest absolute Gasteiger partial charge is 0.383 e. The van der Waals surface area contributed by atoms with E-state index < -0.39 is 4.92 Å². The predicted octanol–water partition coefficient (Wildman–Crippen LogP) is 1.67. The molecule has 1 heterocycles. The van der Waals surface area contributed by atoms with Crippen LogP contribution >= 0.6 is 15.9 Å². The highest BCUT2D eigenvalue weighted by molar-refractivity contribution is 9.10. The van der Waals surface area contributed by atoms with Crippen molar-refractivity contribution in [2.45, 2.75) is 6.54 Å². The Hall–Kier alpha value is -1.84. The summed E-state index contributed by atoms with van der Waals surface area (Å²) < 4.78 is 6.86. The first-order chi connectivity index (χ1) is 10.1. The van der Waals surface area contributed by atoms with Gasteiger partial charge >= 0.3 is 0 Å². The molecule has 8 nitrogen and oxygen atoms in total. The molecule has 112 valence electrons. The van der Waals surface area contributed by atoms with Gasteiger partial charge in [-0.1, -0.05) is 5.21 Å². The molecule has 0 atom stereocenters. The van der Waals surface area contributed by atoms with Crippen LogP contribution in [0.3, 0.4) is 0 Å². The highest BCUT2D eigenvalue weighted by atomic mass is 79.9. The van der Waals surface area contributed by atoms with Crippen molar-refractivity contribution in [1.82, 2.24) is 20.3 Å². The van der Waals surface area contributed by atoms with Crippen molar-refractivity contribution in [2.24, 2.45) is 0 Å². The quantitative estimate of drug-likeness (QED) is 0.461. The maximum atomic E-state index is 10.9. The van der Waals surface area contributed by atoms with Gasteiger partial charge < -0.3 is 10.1 Å². The third kappa shape index (κ3) is 4.06. The molecule has 0 spiro atoms. The number of hydrogen-bond donors (Lipinski definition) is 1. The number of ether oxygens (including phenoxy) is 1. The SMILES string of the molecule is COCCNCc1cn(-c2ccc(Br)c([N+](=O)[O-])c2)nn1. The van der Waals surface area contributed by atoms with Crippen LogP contribution in [0.15, 0.2) is 28.9 Å². The Bertz CT molecular complexity index is 631. The summed E-state index contributed by atoms with van der Waals surface area (Å²) in [5, 5.41) is 22.1. The van der Waals surface area contributed by atoms with Gasteiger partial charge in [-0.25, -0.2) is 4.68 Å². The zero-order valence-corrected chi connectivity index (χ0v) is 12.9. The molecule has 0 fully saturated rings. The molecular weight excluding hydrogens is 342 g/mol. The molecule has 0 bridgehead atoms. The van der Waals surface area contributed by atoms with Crippen LogP contribution in [-0.2, 0) is 11.3 Å². The first-order valence-electron chi connectivity index (χ1n) is 6.17. The van der Waals surface area contributed by atoms with Gasteiger partial charge in [-0.05, 0) is 28.1 Å². The predicted molar refractivity (Wildman–Crippen MR) is 79.3 cm³/mol. The number of rotatable bonds is 7. The number of methoxy groups -OCH3 is 1. The van der Waals surface area contributed by atoms with Crippen molar-refractivity contribution in [1.29, 1.82) is 0 Å². The Kier molecular flexibility index (Phi) is 5.37. The van der Waals surface area contributed by atoms with Crippen molar-refractivity contribution in [3.05, 3.63) is 44.7 Å². The van der Waals surface area contributed by atoms with E-state index in [0.717, 1.165) is 5.69 Å². The molecule has 2 aromatic rings. The van der Waals surface area contributed by atoms with Crippen molar-refractivity contribution in [3.63, 3.8) is 0 Å². The van der Waals surface area contributed by atoms with Gasteiger partial charge in [0.15, 0.2) is 0 Å². The van der Waals surface area contributed by atoms with Crippen LogP contribution in [-0.4, -0.2) is 40.2 Å². The van der Waals surface area contributed by atoms with E-state index in [9.17, 15) is 10.1 Å². The second-order valence-electron chi connectivity index (χ2n) is 4.22. The molecule has 9 heteroatoms. The van der Waals surface area contributed by atoms with E-state index in [1.807, 2.05) is 0 Å². The van der Waals surface area contributed by atoms with Crippen molar-refractivity contribution in [3.8, 4) is 5.69 Å². The molecule has 1 aromatic carbocycles. The Morgan fingerprint density at radius 1 is 1.52 bits per heavy atom. The van der Waals surface area contributed by atoms with Crippen LogP contribution in [0.1, 0.15) is 5.69 Å². The first-order valence-corrected chi connectivity index (χ1v) is 6.96. The smallest absolute Gasteiger partial charge is 0.285 e. The van der Waals surface area contributed by atoms with Crippen LogP contribution in [0.4, 0.5) is 5.69 Å². The van der Waals surface area contributed by atoms with E-state index in [2.05, 4.69) is 31.6 Å². The van der Waals surface area contributed by atoms with E-state index in [4.69, 9.17) is 4.74 Å². The Morgan fingerprint density at radius 2 is 2.33 bits per heavy atom. The topological polar surface area (TPSA) is 95.1 Å². The van der Waals surface area contributed by atoms with Gasteiger partial charge in [-0.2, -0.15) is 0 Å². The van der Waals surface area contributed by atoms with Crippen LogP contribution in [0.2, 0.25) is 0 Å². The van der Waals surface area contributed by atoms with Gasteiger partial charge in [0.1, 0.15) is 0 Å². The summed E-state index contributed by atoms with van der Waals surface area (Å²) in [4.78, 5) is 10.5. The molecule has 0 aliphatic carbocycles. The highest BCUT2D eigenvalue weighted by Crippen LogP contribution is 2.26. The first kappa shape index (κ1) is 15.5. The minimum absolute atomic E-state index is 0.0113. The van der Waals surface area contributed by atoms with E-state index in [0.29, 0.717) is 29.9 Å². The highest BCUT2D eigenvalue weighted by Gasteiger charge is 2.14. The molecule has 0 aliphatic heterocycles. The van der Waals surface area contributed by atoms with Crippen LogP contribution in [0.5, 0.6) is 0 Å². The monoisotopic (exact) mass is 355 g/mol. The maximum absolute atomic E-state index is 10.9. The number of nitro benzene ring substituents is 1. The van der Waals surface area contributed by atoms with Crippen LogP contribution < -0.4 is 5.32 Å². The molecule has 0 aliphatic rings. The minimum Gasteiger partial charge on any atom is -0.383 e. The lowest BCUT2D eigenvalue weighted by Crippen LogP contribution is -2.18. The summed E-state index contributed by atoms with van der Waals surface area (Å²) in [7, 11) is 1.64. The molecule has 1 N–H and O–H groups in total. The summed E-state index contributed by atoms with van der Waals surface area (Å²) in [6, 6.07) is 4.79. The van der Waals surface area contributed by atoms with Crippen LogP contribution in [0.25, 0.3) is 5.69 Å². The fourth-order valence-electron chi connectivity index (χ4n) is 1.68. The third-order valence-electron chi connectivity index (χ3n) is 2.72. The average molecular weight is 356 g/mol. The molecule has 0 radical (unpaired) electrons. The lowest BCUT2D eigenvalue weighted by Gasteiger charge is -2.01. The molecule has 2 rings (SSSR count). The van der Waals surface area contributed by atoms with Gasteiger partial charge in [0.25, 0.3) is 5.69 Å². The number of nitro groups is 1. The average Bonchev–Trinajstić information content (AvgIpc) is 2.92. The number of nitrogens with one attached hydrogen (secondary N) is 1. The minimum atomic E-state index is -0.447. The molecule has 0 saturated heterocycles. The number of halogens is 1. The fourth-order valence-corrected chi connectivity index (χ4v) is 2.07. The second-order valence-corrected chi connectivity index (χ2v) is 5.07. The van der Waals surface area contributed by atoms with E-state index in [1.165, 1.54) is 10.7 Å². The van der Waals surface area contributed by atoms with Gasteiger partial charge in [0, 0.05) is 26.3 Å². The number of hydrogen-bond acceptors (Lipinski definition) is 6. The normalized spacial score (nSPS) is 10.8. The zero-order chi connectivity index (χ0) is 15.2. The number of aromatic nitrogens is 3. The van der Waals surface area contributed by atoms with Crippen molar-refractivity contribution >= 4 is 21.6 Å². The van der Waals surface area contributed by atoms with E-state index in [1.54, 1.807) is 25.4 Å². The second kappa shape index (κ2) is 7.25. The summed E-state index contributed by atoms with van der Waals surface area (Å²) in [5.74, 6) is 0. The molecule has 0 unspecified atom stereocenters. The molecule has 0 amide bonds. The Labute approximate surface area is 129 Å². The maximum Gasteiger partial charge on any atom is 0.285 e. The standard InChI is InChI=1S/C12H14BrN5O3/c1-21-5-4-14-7-9-8-17(16-15-9)10-2-3-11(13)12(6-10)18(19)20/h2-3,6,8,14H,4-5,7H2,1H3. The molecule has 0 saturated carbocycles. The Morgan fingerprint density at radius 3 is 3.05 bits per heavy atom. The van der Waals surface area contributed by atoms with Gasteiger partial charge in [0.05, 0.1) is 33.6 Å². The fraction of sp³-hybridized carbons (Fsp3) is 0.333. The lowest BCUT2D eigenvalue weighted by atomic mass is 10.3. The summed E-state index contributed by atoms with van der Waals surface area (Å²) in [6.45, 7) is 1.89. The van der Waals surface area contributed by atoms with E-state index >= 15 is 0 Å². The van der Waals surface area contributed by atoms with Crippen LogP contribution in [0, 0.1) is 10.1 Å². The van der Waals surface area contributed by atoms with Crippen molar-refractivity contribution in [2.75, 3.05) is 20.3 Å². The van der Waals surface area contributed by atoms with Crippen molar-refractivity contribution < 1.29 is 9.66 Å². The summed E-state index contributed by atoms with van der Waals surface area (Å²) in [5.41, 5.74) is 1.32. The number of benzene rings is 1. The Balaban J connectivity index is 2.10. The number of nitrogens with zero attached hydrogens (tertiary/aromatic N) is 4. The summed E-state index contributed by atoms with van der Waals surface area (Å²) in [6.07, 6.45) is 1.73. The molecular formula is C12H14BrN5O3. The van der Waals surface area contributed by atoms with E-state index in [-0.39, 0.29) is 5.69 Å².